The van der Waals surface area contributed by atoms with Gasteiger partial charge in [0.15, 0.2) is 0 Å². The summed E-state index contributed by atoms with van der Waals surface area (Å²) in [7, 11) is 0. The van der Waals surface area contributed by atoms with Crippen LogP contribution < -0.4 is 0 Å². The number of hydrogen-bond donors (Lipinski definition) is 1. The summed E-state index contributed by atoms with van der Waals surface area (Å²) in [5.74, 6) is 0. The van der Waals surface area contributed by atoms with Crippen LogP contribution in [-0.2, 0) is 15.5 Å². The van der Waals surface area contributed by atoms with Crippen LogP contribution in [0.3, 0.4) is 0 Å². The quantitative estimate of drug-likeness (QED) is 0.475. The van der Waals surface area contributed by atoms with Crippen LogP contribution in [0, 0.1) is 0 Å². The van der Waals surface area contributed by atoms with E-state index >= 15 is 0 Å². The zero-order valence-electron chi connectivity index (χ0n) is 4.88. The van der Waals surface area contributed by atoms with Crippen molar-refractivity contribution in [1.29, 1.82) is 0 Å². The lowest BCUT2D eigenvalue weighted by molar-refractivity contribution is 0.291. The zero-order valence-corrected chi connectivity index (χ0v) is 5.69. The maximum Gasteiger partial charge on any atom is 0.301 e. The SMILES string of the molecule is O=S(O)OCCCCF. The van der Waals surface area contributed by atoms with Crippen LogP contribution in [-0.4, -0.2) is 22.0 Å². The monoisotopic (exact) mass is 156 g/mol. The molecule has 1 atom stereocenters. The molecule has 0 spiro atoms. The maximum atomic E-state index is 11.3. The number of hydrogen-bond acceptors (Lipinski definition) is 2. The third-order valence-corrected chi connectivity index (χ3v) is 1.08. The highest BCUT2D eigenvalue weighted by molar-refractivity contribution is 7.74. The second kappa shape index (κ2) is 6.12. The minimum Gasteiger partial charge on any atom is -0.284 e. The Morgan fingerprint density at radius 3 is 2.67 bits per heavy atom. The molecule has 0 amide bonds. The highest BCUT2D eigenvalue weighted by Gasteiger charge is 1.91. The highest BCUT2D eigenvalue weighted by atomic mass is 32.2. The van der Waals surface area contributed by atoms with Gasteiger partial charge in [0.2, 0.25) is 0 Å². The molecule has 0 aromatic rings. The Bertz CT molecular complexity index is 87.9. The minimum absolute atomic E-state index is 0.146. The molecule has 0 aliphatic rings. The Morgan fingerprint density at radius 1 is 1.56 bits per heavy atom. The van der Waals surface area contributed by atoms with Gasteiger partial charge in [0.1, 0.15) is 0 Å². The van der Waals surface area contributed by atoms with Crippen molar-refractivity contribution in [3.8, 4) is 0 Å². The molecule has 0 aliphatic heterocycles. The van der Waals surface area contributed by atoms with E-state index in [0.29, 0.717) is 12.8 Å². The van der Waals surface area contributed by atoms with E-state index in [1.807, 2.05) is 0 Å². The molecule has 56 valence electrons. The van der Waals surface area contributed by atoms with Gasteiger partial charge >= 0.3 is 11.4 Å². The van der Waals surface area contributed by atoms with Gasteiger partial charge in [-0.2, -0.15) is 4.21 Å². The summed E-state index contributed by atoms with van der Waals surface area (Å²) >= 11 is -2.19. The summed E-state index contributed by atoms with van der Waals surface area (Å²) in [6, 6.07) is 0. The average molecular weight is 156 g/mol. The van der Waals surface area contributed by atoms with Crippen LogP contribution in [0.5, 0.6) is 0 Å². The van der Waals surface area contributed by atoms with Crippen LogP contribution in [0.4, 0.5) is 4.39 Å². The van der Waals surface area contributed by atoms with Crippen molar-refractivity contribution in [2.45, 2.75) is 12.8 Å². The Labute approximate surface area is 55.7 Å². The lowest BCUT2D eigenvalue weighted by atomic mass is 10.4. The van der Waals surface area contributed by atoms with Crippen LogP contribution in [0.2, 0.25) is 0 Å². The van der Waals surface area contributed by atoms with Gasteiger partial charge in [0, 0.05) is 0 Å². The van der Waals surface area contributed by atoms with Gasteiger partial charge in [-0.3, -0.25) is 13.1 Å². The summed E-state index contributed by atoms with van der Waals surface area (Å²) in [6.07, 6.45) is 0.875. The van der Waals surface area contributed by atoms with Gasteiger partial charge in [-0.1, -0.05) is 0 Å². The third kappa shape index (κ3) is 8.00. The predicted octanol–water partition coefficient (Wildman–Crippen LogP) is 0.889. The zero-order chi connectivity index (χ0) is 7.11. The average Bonchev–Trinajstić information content (AvgIpc) is 1.80. The van der Waals surface area contributed by atoms with E-state index in [4.69, 9.17) is 4.55 Å². The summed E-state index contributed by atoms with van der Waals surface area (Å²) in [4.78, 5) is 0. The first-order valence-corrected chi connectivity index (χ1v) is 3.60. The van der Waals surface area contributed by atoms with Crippen LogP contribution in [0.25, 0.3) is 0 Å². The van der Waals surface area contributed by atoms with Crippen molar-refractivity contribution in [1.82, 2.24) is 0 Å². The Kier molecular flexibility index (Phi) is 6.12. The molecule has 0 aliphatic carbocycles. The molecule has 0 rings (SSSR count). The molecule has 3 nitrogen and oxygen atoms in total. The first kappa shape index (κ1) is 9.00. The number of alkyl halides is 1. The number of rotatable bonds is 5. The van der Waals surface area contributed by atoms with E-state index < -0.39 is 18.0 Å². The lowest BCUT2D eigenvalue weighted by Gasteiger charge is -1.94. The predicted molar refractivity (Wildman–Crippen MR) is 31.9 cm³/mol. The van der Waals surface area contributed by atoms with E-state index in [2.05, 4.69) is 4.18 Å². The lowest BCUT2D eigenvalue weighted by Crippen LogP contribution is -1.97. The molecule has 0 radical (unpaired) electrons. The third-order valence-electron chi connectivity index (χ3n) is 0.712. The van der Waals surface area contributed by atoms with E-state index in [-0.39, 0.29) is 6.61 Å². The fourth-order valence-corrected chi connectivity index (χ4v) is 0.587. The smallest absolute Gasteiger partial charge is 0.284 e. The summed E-state index contributed by atoms with van der Waals surface area (Å²) in [5, 5.41) is 0. The van der Waals surface area contributed by atoms with Crippen molar-refractivity contribution in [3.05, 3.63) is 0 Å². The fraction of sp³-hybridized carbons (Fsp3) is 1.00. The van der Waals surface area contributed by atoms with Crippen molar-refractivity contribution in [3.63, 3.8) is 0 Å². The molecule has 1 N–H and O–H groups in total. The summed E-state index contributed by atoms with van der Waals surface area (Å²) in [6.45, 7) is -0.256. The van der Waals surface area contributed by atoms with Gasteiger partial charge < -0.3 is 0 Å². The van der Waals surface area contributed by atoms with E-state index in [1.165, 1.54) is 0 Å². The fourth-order valence-electron chi connectivity index (χ4n) is 0.327. The van der Waals surface area contributed by atoms with Crippen molar-refractivity contribution in [2.75, 3.05) is 13.3 Å². The summed E-state index contributed by atoms with van der Waals surface area (Å²) < 4.78 is 33.3. The maximum absolute atomic E-state index is 11.3. The van der Waals surface area contributed by atoms with Gasteiger partial charge in [-0.15, -0.1) is 0 Å². The molecule has 1 unspecified atom stereocenters. The minimum atomic E-state index is -2.19. The molecule has 9 heavy (non-hydrogen) atoms. The van der Waals surface area contributed by atoms with Crippen molar-refractivity contribution in [2.24, 2.45) is 0 Å². The van der Waals surface area contributed by atoms with Crippen LogP contribution in [0.1, 0.15) is 12.8 Å². The molecule has 5 heteroatoms. The topological polar surface area (TPSA) is 46.5 Å². The number of unbranched alkanes of at least 4 members (excludes halogenated alkanes) is 1. The molecule has 0 saturated carbocycles. The number of halogens is 1. The molecule has 0 saturated heterocycles. The standard InChI is InChI=1S/C4H9FO3S/c5-3-1-2-4-8-9(6)7/h1-4H2,(H,6,7). The van der Waals surface area contributed by atoms with E-state index in [0.717, 1.165) is 0 Å². The van der Waals surface area contributed by atoms with Crippen LogP contribution >= 0.6 is 0 Å². The summed E-state index contributed by atoms with van der Waals surface area (Å²) in [5.41, 5.74) is 0. The molecule has 0 heterocycles. The second-order valence-corrected chi connectivity index (χ2v) is 2.11. The van der Waals surface area contributed by atoms with E-state index in [1.54, 1.807) is 0 Å². The normalized spacial score (nSPS) is 13.6. The molecule has 0 fully saturated rings. The molecular formula is C4H9FO3S. The molecule has 0 aromatic heterocycles. The first-order chi connectivity index (χ1) is 4.27. The van der Waals surface area contributed by atoms with Crippen molar-refractivity contribution < 1.29 is 17.3 Å². The largest absolute Gasteiger partial charge is 0.301 e. The highest BCUT2D eigenvalue weighted by Crippen LogP contribution is 1.91. The Hall–Kier alpha value is -0.0000000000000000555. The molecule has 0 aromatic carbocycles. The van der Waals surface area contributed by atoms with Gasteiger partial charge in [-0.25, -0.2) is 0 Å². The molecular weight excluding hydrogens is 147 g/mol. The van der Waals surface area contributed by atoms with Crippen LogP contribution in [0.15, 0.2) is 0 Å². The van der Waals surface area contributed by atoms with Crippen molar-refractivity contribution >= 4 is 11.4 Å². The van der Waals surface area contributed by atoms with Gasteiger partial charge in [0.05, 0.1) is 13.3 Å². The molecule has 0 bridgehead atoms. The van der Waals surface area contributed by atoms with Gasteiger partial charge in [-0.05, 0) is 12.8 Å². The second-order valence-electron chi connectivity index (χ2n) is 1.44. The van der Waals surface area contributed by atoms with E-state index in [9.17, 15) is 8.60 Å². The Morgan fingerprint density at radius 2 is 2.22 bits per heavy atom. The first-order valence-electron chi connectivity index (χ1n) is 2.57. The van der Waals surface area contributed by atoms with Gasteiger partial charge in [0.25, 0.3) is 0 Å². The Balaban J connectivity index is 2.83.